The minimum Gasteiger partial charge on any atom is -0.344 e. The van der Waals surface area contributed by atoms with Crippen LogP contribution in [0.4, 0.5) is 0 Å². The third kappa shape index (κ3) is 3.75. The molecule has 6 heteroatoms. The number of amides is 2. The average Bonchev–Trinajstić information content (AvgIpc) is 3.40. The molecule has 1 aliphatic heterocycles. The van der Waals surface area contributed by atoms with E-state index >= 15 is 0 Å². The van der Waals surface area contributed by atoms with Crippen molar-refractivity contribution in [1.29, 1.82) is 0 Å². The Morgan fingerprint density at radius 2 is 1.75 bits per heavy atom. The number of fused-ring (bicyclic) bond motifs is 2. The maximum atomic E-state index is 13.3. The van der Waals surface area contributed by atoms with E-state index in [4.69, 9.17) is 4.98 Å². The van der Waals surface area contributed by atoms with Gasteiger partial charge in [-0.1, -0.05) is 60.7 Å². The van der Waals surface area contributed by atoms with Crippen LogP contribution in [-0.2, 0) is 17.8 Å². The minimum atomic E-state index is -0.599. The Morgan fingerprint density at radius 3 is 2.53 bits per heavy atom. The van der Waals surface area contributed by atoms with Gasteiger partial charge < -0.3 is 15.2 Å². The number of benzene rings is 3. The van der Waals surface area contributed by atoms with Gasteiger partial charge in [0.15, 0.2) is 0 Å². The summed E-state index contributed by atoms with van der Waals surface area (Å²) in [4.78, 5) is 35.8. The van der Waals surface area contributed by atoms with E-state index in [9.17, 15) is 9.59 Å². The molecule has 0 bridgehead atoms. The molecule has 4 aromatic rings. The Balaban J connectivity index is 1.39. The number of carbonyl (C=O) groups is 2. The predicted molar refractivity (Wildman–Crippen MR) is 123 cm³/mol. The molecular weight excluding hydrogens is 400 g/mol. The number of hydrogen-bond acceptors (Lipinski definition) is 3. The highest BCUT2D eigenvalue weighted by Crippen LogP contribution is 2.25. The summed E-state index contributed by atoms with van der Waals surface area (Å²) in [5, 5.41) is 3.14. The zero-order valence-corrected chi connectivity index (χ0v) is 17.8. The van der Waals surface area contributed by atoms with Crippen LogP contribution in [0, 0.1) is 0 Å². The van der Waals surface area contributed by atoms with Crippen molar-refractivity contribution in [1.82, 2.24) is 20.2 Å². The number of rotatable bonds is 6. The molecule has 0 radical (unpaired) electrons. The molecule has 32 heavy (non-hydrogen) atoms. The van der Waals surface area contributed by atoms with Crippen molar-refractivity contribution in [2.45, 2.75) is 32.0 Å². The second-order valence-electron chi connectivity index (χ2n) is 8.16. The first-order chi connectivity index (χ1) is 15.6. The Morgan fingerprint density at radius 1 is 1.03 bits per heavy atom. The van der Waals surface area contributed by atoms with E-state index in [-0.39, 0.29) is 17.9 Å². The molecule has 2 amide bonds. The van der Waals surface area contributed by atoms with Gasteiger partial charge in [-0.2, -0.15) is 0 Å². The lowest BCUT2D eigenvalue weighted by Crippen LogP contribution is -2.46. The molecule has 0 saturated heterocycles. The molecule has 0 fully saturated rings. The summed E-state index contributed by atoms with van der Waals surface area (Å²) in [6.07, 6.45) is 0.591. The smallest absolute Gasteiger partial charge is 0.255 e. The maximum absolute atomic E-state index is 13.3. The van der Waals surface area contributed by atoms with Crippen LogP contribution in [0.25, 0.3) is 11.0 Å². The van der Waals surface area contributed by atoms with Crippen LogP contribution in [0.5, 0.6) is 0 Å². The molecule has 6 nitrogen and oxygen atoms in total. The second-order valence-corrected chi connectivity index (χ2v) is 8.16. The zero-order chi connectivity index (χ0) is 22.1. The number of H-pyrrole nitrogens is 1. The van der Waals surface area contributed by atoms with Gasteiger partial charge in [0.2, 0.25) is 5.91 Å². The quantitative estimate of drug-likeness (QED) is 0.491. The summed E-state index contributed by atoms with van der Waals surface area (Å²) in [5.74, 6) is 0.394. The highest BCUT2D eigenvalue weighted by atomic mass is 16.2. The molecule has 1 aromatic heterocycles. The van der Waals surface area contributed by atoms with Crippen molar-refractivity contribution in [2.75, 3.05) is 0 Å². The summed E-state index contributed by atoms with van der Waals surface area (Å²) in [6, 6.07) is 24.4. The zero-order valence-electron chi connectivity index (χ0n) is 17.8. The highest BCUT2D eigenvalue weighted by Gasteiger charge is 2.34. The average molecular weight is 425 g/mol. The lowest BCUT2D eigenvalue weighted by Gasteiger charge is -2.26. The van der Waals surface area contributed by atoms with E-state index in [1.807, 2.05) is 78.9 Å². The normalized spacial score (nSPS) is 14.9. The molecule has 3 aromatic carbocycles. The van der Waals surface area contributed by atoms with Crippen LogP contribution in [0.1, 0.15) is 40.3 Å². The molecular formula is C26H24N4O2. The largest absolute Gasteiger partial charge is 0.344 e. The third-order valence-corrected chi connectivity index (χ3v) is 6.03. The van der Waals surface area contributed by atoms with Crippen molar-refractivity contribution < 1.29 is 9.59 Å². The maximum Gasteiger partial charge on any atom is 0.255 e. The van der Waals surface area contributed by atoms with E-state index in [0.717, 1.165) is 22.2 Å². The van der Waals surface area contributed by atoms with Gasteiger partial charge in [0.1, 0.15) is 11.9 Å². The lowest BCUT2D eigenvalue weighted by atomic mass is 10.0. The Kier molecular flexibility index (Phi) is 5.19. The van der Waals surface area contributed by atoms with Crippen LogP contribution in [0.2, 0.25) is 0 Å². The highest BCUT2D eigenvalue weighted by molar-refractivity contribution is 6.01. The molecule has 2 unspecified atom stereocenters. The Labute approximate surface area is 186 Å². The van der Waals surface area contributed by atoms with Crippen molar-refractivity contribution in [3.05, 3.63) is 101 Å². The van der Waals surface area contributed by atoms with Crippen LogP contribution in [0.15, 0.2) is 78.9 Å². The van der Waals surface area contributed by atoms with E-state index < -0.39 is 6.04 Å². The standard InChI is InChI=1S/C26H24N4O2/c1-17(30-16-19-11-5-6-12-20(19)26(30)32)25(31)29-23(15-18-9-3-2-4-10-18)24-27-21-13-7-8-14-22(21)28-24/h2-14,17,23H,15-16H2,1H3,(H,27,28)(H,29,31). The Hall–Kier alpha value is -3.93. The van der Waals surface area contributed by atoms with Crippen molar-refractivity contribution in [3.8, 4) is 0 Å². The first-order valence-corrected chi connectivity index (χ1v) is 10.8. The SMILES string of the molecule is CC(C(=O)NC(Cc1ccccc1)c1nc2ccccc2[nH]1)N1Cc2ccccc2C1=O. The van der Waals surface area contributed by atoms with Gasteiger partial charge in [-0.25, -0.2) is 4.98 Å². The Bertz CT molecular complexity index is 1250. The van der Waals surface area contributed by atoms with E-state index in [0.29, 0.717) is 24.4 Å². The van der Waals surface area contributed by atoms with Crippen molar-refractivity contribution in [2.24, 2.45) is 0 Å². The number of carbonyl (C=O) groups excluding carboxylic acids is 2. The number of aromatic nitrogens is 2. The number of imidazole rings is 1. The summed E-state index contributed by atoms with van der Waals surface area (Å²) >= 11 is 0. The van der Waals surface area contributed by atoms with E-state index in [1.54, 1.807) is 11.8 Å². The molecule has 0 saturated carbocycles. The lowest BCUT2D eigenvalue weighted by molar-refractivity contribution is -0.126. The number of aromatic amines is 1. The van der Waals surface area contributed by atoms with Gasteiger partial charge in [0.25, 0.3) is 5.91 Å². The van der Waals surface area contributed by atoms with Gasteiger partial charge in [-0.3, -0.25) is 9.59 Å². The summed E-state index contributed by atoms with van der Waals surface area (Å²) in [5.41, 5.74) is 4.50. The predicted octanol–water partition coefficient (Wildman–Crippen LogP) is 4.01. The van der Waals surface area contributed by atoms with Crippen molar-refractivity contribution in [3.63, 3.8) is 0 Å². The molecule has 2 atom stereocenters. The van der Waals surface area contributed by atoms with Crippen LogP contribution in [0.3, 0.4) is 0 Å². The van der Waals surface area contributed by atoms with Gasteiger partial charge in [-0.15, -0.1) is 0 Å². The van der Waals surface area contributed by atoms with Crippen LogP contribution < -0.4 is 5.32 Å². The fraction of sp³-hybridized carbons (Fsp3) is 0.192. The van der Waals surface area contributed by atoms with Crippen molar-refractivity contribution >= 4 is 22.8 Å². The molecule has 160 valence electrons. The van der Waals surface area contributed by atoms with Gasteiger partial charge in [0, 0.05) is 12.1 Å². The first-order valence-electron chi connectivity index (χ1n) is 10.8. The summed E-state index contributed by atoms with van der Waals surface area (Å²) < 4.78 is 0. The monoisotopic (exact) mass is 424 g/mol. The molecule has 0 aliphatic carbocycles. The fourth-order valence-electron chi connectivity index (χ4n) is 4.23. The summed E-state index contributed by atoms with van der Waals surface area (Å²) in [7, 11) is 0. The number of para-hydroxylation sites is 2. The molecule has 2 N–H and O–H groups in total. The third-order valence-electron chi connectivity index (χ3n) is 6.03. The number of nitrogens with one attached hydrogen (secondary N) is 2. The van der Waals surface area contributed by atoms with E-state index in [2.05, 4.69) is 10.3 Å². The van der Waals surface area contributed by atoms with Gasteiger partial charge in [-0.05, 0) is 42.7 Å². The van der Waals surface area contributed by atoms with Crippen LogP contribution >= 0.6 is 0 Å². The first kappa shape index (κ1) is 20.0. The molecule has 2 heterocycles. The molecule has 5 rings (SSSR count). The van der Waals surface area contributed by atoms with Gasteiger partial charge in [0.05, 0.1) is 17.1 Å². The number of nitrogens with zero attached hydrogens (tertiary/aromatic N) is 2. The van der Waals surface area contributed by atoms with Gasteiger partial charge >= 0.3 is 0 Å². The second kappa shape index (κ2) is 8.30. The molecule has 0 spiro atoms. The fourth-order valence-corrected chi connectivity index (χ4v) is 4.23. The minimum absolute atomic E-state index is 0.105. The topological polar surface area (TPSA) is 78.1 Å². The van der Waals surface area contributed by atoms with Crippen LogP contribution in [-0.4, -0.2) is 32.7 Å². The number of hydrogen-bond donors (Lipinski definition) is 2. The summed E-state index contributed by atoms with van der Waals surface area (Å²) in [6.45, 7) is 2.22. The molecule has 1 aliphatic rings. The van der Waals surface area contributed by atoms with E-state index in [1.165, 1.54) is 0 Å².